The molecule has 3 heterocycles. The van der Waals surface area contributed by atoms with Crippen LogP contribution in [0.3, 0.4) is 0 Å². The topological polar surface area (TPSA) is 157 Å². The predicted octanol–water partition coefficient (Wildman–Crippen LogP) is 2.41. The Balaban J connectivity index is 1.29. The number of hydrogen-bond donors (Lipinski definition) is 1. The Kier molecular flexibility index (Phi) is 7.18. The second-order valence-electron chi connectivity index (χ2n) is 12.9. The van der Waals surface area contributed by atoms with Gasteiger partial charge in [-0.2, -0.15) is 0 Å². The zero-order valence-electron chi connectivity index (χ0n) is 27.2. The van der Waals surface area contributed by atoms with E-state index in [-0.39, 0.29) is 54.5 Å². The van der Waals surface area contributed by atoms with E-state index in [1.165, 1.54) is 40.3 Å². The zero-order valence-corrected chi connectivity index (χ0v) is 27.2. The van der Waals surface area contributed by atoms with Crippen molar-refractivity contribution in [2.75, 3.05) is 14.2 Å². The lowest BCUT2D eigenvalue weighted by molar-refractivity contribution is -0.139. The monoisotopic (exact) mass is 653 g/mol. The number of ether oxygens (including phenoxy) is 2. The molecule has 3 aliphatic rings. The normalized spacial score (nSPS) is 23.2. The third-order valence-electron chi connectivity index (χ3n) is 10.4. The number of carbonyl (C=O) groups excluding carboxylic acids is 2. The smallest absolute Gasteiger partial charge is 0.347 e. The summed E-state index contributed by atoms with van der Waals surface area (Å²) in [5.41, 5.74) is 0.264. The highest BCUT2D eigenvalue weighted by molar-refractivity contribution is 6.13. The molecule has 2 aromatic carbocycles. The number of nitrogens with zero attached hydrogens (tertiary/aromatic N) is 5. The molecule has 13 nitrogen and oxygen atoms in total. The maximum atomic E-state index is 14.1. The molecule has 0 saturated heterocycles. The summed E-state index contributed by atoms with van der Waals surface area (Å²) >= 11 is 0. The molecular weight excluding hydrogens is 618 g/mol. The van der Waals surface area contributed by atoms with Crippen LogP contribution in [0.5, 0.6) is 17.2 Å². The first kappa shape index (κ1) is 31.2. The van der Waals surface area contributed by atoms with Crippen molar-refractivity contribution in [1.82, 2.24) is 23.5 Å². The van der Waals surface area contributed by atoms with Gasteiger partial charge in [0.15, 0.2) is 23.1 Å². The summed E-state index contributed by atoms with van der Waals surface area (Å²) in [6.07, 6.45) is 3.38. The second-order valence-corrected chi connectivity index (χ2v) is 12.9. The lowest BCUT2D eigenvalue weighted by atomic mass is 9.51. The van der Waals surface area contributed by atoms with Gasteiger partial charge in [-0.1, -0.05) is 25.1 Å². The summed E-state index contributed by atoms with van der Waals surface area (Å²) < 4.78 is 16.0. The summed E-state index contributed by atoms with van der Waals surface area (Å²) in [7, 11) is 4.61. The fraction of sp³-hybridized carbons (Fsp3) is 0.371. The Labute approximate surface area is 273 Å². The number of aromatic hydroxyl groups is 1. The van der Waals surface area contributed by atoms with Gasteiger partial charge in [-0.25, -0.2) is 28.5 Å². The molecule has 0 unspecified atom stereocenters. The number of allylic oxidation sites excluding steroid dienone is 4. The third-order valence-corrected chi connectivity index (χ3v) is 10.4. The van der Waals surface area contributed by atoms with E-state index in [2.05, 4.69) is 4.98 Å². The van der Waals surface area contributed by atoms with Crippen molar-refractivity contribution in [3.63, 3.8) is 0 Å². The quantitative estimate of drug-likeness (QED) is 0.309. The van der Waals surface area contributed by atoms with Crippen LogP contribution in [0.1, 0.15) is 43.5 Å². The van der Waals surface area contributed by atoms with Crippen molar-refractivity contribution in [2.24, 2.45) is 18.4 Å². The van der Waals surface area contributed by atoms with E-state index in [1.54, 1.807) is 51.2 Å². The summed E-state index contributed by atoms with van der Waals surface area (Å²) in [6.45, 7) is 3.39. The van der Waals surface area contributed by atoms with Crippen LogP contribution in [-0.4, -0.2) is 54.4 Å². The molecule has 13 heteroatoms. The summed E-state index contributed by atoms with van der Waals surface area (Å²) in [5.74, 6) is -0.864. The highest BCUT2D eigenvalue weighted by Gasteiger charge is 2.59. The summed E-state index contributed by atoms with van der Waals surface area (Å²) in [4.78, 5) is 73.1. The van der Waals surface area contributed by atoms with Crippen LogP contribution in [0.4, 0.5) is 0 Å². The molecule has 1 fully saturated rings. The average molecular weight is 654 g/mol. The Morgan fingerprint density at radius 1 is 1.02 bits per heavy atom. The first-order chi connectivity index (χ1) is 22.9. The molecule has 1 N–H and O–H groups in total. The minimum atomic E-state index is -1.16. The molecule has 48 heavy (non-hydrogen) atoms. The van der Waals surface area contributed by atoms with E-state index in [0.29, 0.717) is 33.7 Å². The van der Waals surface area contributed by atoms with E-state index in [0.717, 1.165) is 10.1 Å². The molecule has 2 aliphatic carbocycles. The van der Waals surface area contributed by atoms with Crippen LogP contribution in [0.25, 0.3) is 11.0 Å². The fourth-order valence-electron chi connectivity index (χ4n) is 8.07. The summed E-state index contributed by atoms with van der Waals surface area (Å²) in [5, 5.41) is 10.4. The van der Waals surface area contributed by atoms with Crippen molar-refractivity contribution in [2.45, 2.75) is 51.7 Å². The molecule has 2 aromatic heterocycles. The Hall–Kier alpha value is -5.46. The van der Waals surface area contributed by atoms with E-state index >= 15 is 0 Å². The van der Waals surface area contributed by atoms with E-state index in [1.807, 2.05) is 6.08 Å². The molecule has 7 rings (SSSR count). The number of fused-ring (bicyclic) bond motifs is 5. The first-order valence-electron chi connectivity index (χ1n) is 15.7. The van der Waals surface area contributed by atoms with Crippen LogP contribution < -0.4 is 26.4 Å². The number of Topliss-reactive ketones (excluding diaryl/α,β-unsaturated/α-hetero) is 1. The van der Waals surface area contributed by atoms with E-state index < -0.39 is 34.7 Å². The van der Waals surface area contributed by atoms with Gasteiger partial charge in [0.1, 0.15) is 11.4 Å². The lowest BCUT2D eigenvalue weighted by Gasteiger charge is -2.52. The molecule has 0 radical (unpaired) electrons. The molecular formula is C35H35N5O8. The van der Waals surface area contributed by atoms with E-state index in [4.69, 9.17) is 9.47 Å². The SMILES string of the molecule is COc1cc2nc(CCn3c(=O)n4n(c3=O)[C@@H]3C[C@H]5C(=O)C=C(C)C(=O)[C@@]5(C)[C@@H](c5cccc(O)c5)C3=CC4)c(=O)n(C)c2cc1OC. The Morgan fingerprint density at radius 2 is 1.75 bits per heavy atom. The Bertz CT molecular complexity index is 2300. The standard InChI is InChI=1S/C35H35N5O8/c1-18-13-27(42)22-15-25-21(30(35(22,2)31(18)43)19-7-6-8-20(41)14-19)9-12-39-33(45)38(34(46)40(25)39)11-10-23-32(44)37(3)26-17-29(48-5)28(47-4)16-24(26)36-23/h6-9,13-14,16-17,22,25,30,41H,10-12,15H2,1-5H3/t22-,25+,30-,35+/m0/s1. The second kappa shape index (κ2) is 11.1. The van der Waals surface area contributed by atoms with Gasteiger partial charge in [0, 0.05) is 44.0 Å². The van der Waals surface area contributed by atoms with Gasteiger partial charge in [0.25, 0.3) is 5.56 Å². The number of methoxy groups -OCH3 is 2. The van der Waals surface area contributed by atoms with Gasteiger partial charge >= 0.3 is 11.4 Å². The number of ketones is 2. The Morgan fingerprint density at radius 3 is 2.46 bits per heavy atom. The zero-order chi connectivity index (χ0) is 34.2. The molecule has 4 aromatic rings. The number of aromatic nitrogens is 5. The van der Waals surface area contributed by atoms with Crippen LogP contribution in [0.2, 0.25) is 0 Å². The molecule has 0 bridgehead atoms. The number of carbonyl (C=O) groups is 2. The predicted molar refractivity (Wildman–Crippen MR) is 175 cm³/mol. The number of hydrogen-bond acceptors (Lipinski definition) is 9. The maximum absolute atomic E-state index is 14.1. The van der Waals surface area contributed by atoms with Crippen LogP contribution >= 0.6 is 0 Å². The van der Waals surface area contributed by atoms with Crippen molar-refractivity contribution >= 4 is 22.6 Å². The van der Waals surface area contributed by atoms with E-state index in [9.17, 15) is 29.1 Å². The highest BCUT2D eigenvalue weighted by atomic mass is 16.5. The minimum absolute atomic E-state index is 0.00471. The number of phenols is 1. The minimum Gasteiger partial charge on any atom is -0.508 e. The fourth-order valence-corrected chi connectivity index (χ4v) is 8.07. The van der Waals surface area contributed by atoms with Crippen LogP contribution in [-0.2, 0) is 36.1 Å². The van der Waals surface area contributed by atoms with Gasteiger partial charge in [0.05, 0.1) is 43.3 Å². The van der Waals surface area contributed by atoms with Gasteiger partial charge in [-0.15, -0.1) is 0 Å². The van der Waals surface area contributed by atoms with Crippen molar-refractivity contribution < 1.29 is 24.2 Å². The number of phenolic OH excluding ortho intramolecular Hbond substituents is 1. The molecule has 1 saturated carbocycles. The van der Waals surface area contributed by atoms with Gasteiger partial charge in [-0.05, 0) is 48.3 Å². The van der Waals surface area contributed by atoms with Crippen molar-refractivity contribution in [3.05, 3.63) is 102 Å². The van der Waals surface area contributed by atoms with Gasteiger partial charge in [-0.3, -0.25) is 14.4 Å². The van der Waals surface area contributed by atoms with Crippen molar-refractivity contribution in [3.8, 4) is 17.2 Å². The van der Waals surface area contributed by atoms with Gasteiger partial charge in [0.2, 0.25) is 0 Å². The maximum Gasteiger partial charge on any atom is 0.347 e. The largest absolute Gasteiger partial charge is 0.508 e. The first-order valence-corrected chi connectivity index (χ1v) is 15.7. The number of rotatable bonds is 6. The van der Waals surface area contributed by atoms with Gasteiger partial charge < -0.3 is 19.1 Å². The molecule has 1 aliphatic heterocycles. The third kappa shape index (κ3) is 4.36. The van der Waals surface area contributed by atoms with Crippen molar-refractivity contribution in [1.29, 1.82) is 0 Å². The molecule has 4 atom stereocenters. The number of aryl methyl sites for hydroxylation is 2. The highest BCUT2D eigenvalue weighted by Crippen LogP contribution is 2.59. The molecule has 248 valence electrons. The van der Waals surface area contributed by atoms with Crippen LogP contribution in [0.15, 0.2) is 74.1 Å². The lowest BCUT2D eigenvalue weighted by Crippen LogP contribution is -2.54. The molecule has 0 amide bonds. The number of benzene rings is 2. The van der Waals surface area contributed by atoms with Crippen LogP contribution in [0, 0.1) is 11.3 Å². The summed E-state index contributed by atoms with van der Waals surface area (Å²) in [6, 6.07) is 9.24. The average Bonchev–Trinajstić information content (AvgIpc) is 3.31. The molecule has 0 spiro atoms.